The fourth-order valence-corrected chi connectivity index (χ4v) is 3.26. The number of nitrogens with one attached hydrogen (secondary N) is 1. The van der Waals surface area contributed by atoms with Gasteiger partial charge in [0.05, 0.1) is 23.8 Å². The van der Waals surface area contributed by atoms with Crippen LogP contribution in [0.3, 0.4) is 0 Å². The average molecular weight is 381 g/mol. The second-order valence-electron chi connectivity index (χ2n) is 6.65. The maximum Gasteiger partial charge on any atom is 0.271 e. The van der Waals surface area contributed by atoms with Crippen LogP contribution < -0.4 is 10.1 Å². The average Bonchev–Trinajstić information content (AvgIpc) is 2.73. The molecule has 0 aromatic heterocycles. The molecule has 0 saturated carbocycles. The molecular weight excluding hydrogens is 358 g/mol. The molecule has 0 unspecified atom stereocenters. The molecule has 0 bridgehead atoms. The van der Waals surface area contributed by atoms with Gasteiger partial charge in [-0.25, -0.2) is 0 Å². The van der Waals surface area contributed by atoms with Gasteiger partial charge in [0, 0.05) is 25.2 Å². The molecule has 146 valence electrons. The predicted octanol–water partition coefficient (Wildman–Crippen LogP) is 3.72. The van der Waals surface area contributed by atoms with Crippen LogP contribution in [0.5, 0.6) is 5.75 Å². The summed E-state index contributed by atoms with van der Waals surface area (Å²) in [6.07, 6.45) is 3.01. The summed E-state index contributed by atoms with van der Waals surface area (Å²) in [4.78, 5) is 25.3. The Kier molecular flexibility index (Phi) is 6.06. The molecule has 1 aliphatic heterocycles. The molecular formula is C21H23N3O4. The van der Waals surface area contributed by atoms with Gasteiger partial charge in [0.25, 0.3) is 5.69 Å². The molecule has 1 atom stereocenters. The second kappa shape index (κ2) is 8.67. The van der Waals surface area contributed by atoms with Gasteiger partial charge in [-0.2, -0.15) is 0 Å². The van der Waals surface area contributed by atoms with Crippen LogP contribution in [0.15, 0.2) is 54.6 Å². The molecule has 0 spiro atoms. The quantitative estimate of drug-likeness (QED) is 0.609. The smallest absolute Gasteiger partial charge is 0.271 e. The standard InChI is InChI=1S/C21H23N3O4/c1-15(23-12-10-17(11-13-23)16-6-4-3-5-7-16)21(25)22-19-14-18(24(26)27)8-9-20(19)28-2/h3-10,14-15H,11-13H2,1-2H3,(H,22,25)/t15-/m1/s1. The zero-order chi connectivity index (χ0) is 20.1. The van der Waals surface area contributed by atoms with Crippen LogP contribution in [0.2, 0.25) is 0 Å². The molecule has 1 heterocycles. The first-order valence-electron chi connectivity index (χ1n) is 9.11. The van der Waals surface area contributed by atoms with E-state index < -0.39 is 4.92 Å². The van der Waals surface area contributed by atoms with Gasteiger partial charge in [0.15, 0.2) is 0 Å². The van der Waals surface area contributed by atoms with E-state index in [1.54, 1.807) is 0 Å². The Labute approximate surface area is 163 Å². The summed E-state index contributed by atoms with van der Waals surface area (Å²) in [7, 11) is 1.46. The van der Waals surface area contributed by atoms with Crippen LogP contribution in [-0.2, 0) is 4.79 Å². The molecule has 0 fully saturated rings. The number of non-ortho nitro benzene ring substituents is 1. The first-order chi connectivity index (χ1) is 13.5. The Bertz CT molecular complexity index is 896. The van der Waals surface area contributed by atoms with E-state index in [1.807, 2.05) is 25.1 Å². The molecule has 0 saturated heterocycles. The number of hydrogen-bond acceptors (Lipinski definition) is 5. The highest BCUT2D eigenvalue weighted by atomic mass is 16.6. The normalized spacial score (nSPS) is 15.4. The molecule has 0 aliphatic carbocycles. The molecule has 1 aliphatic rings. The van der Waals surface area contributed by atoms with E-state index in [1.165, 1.54) is 36.4 Å². The van der Waals surface area contributed by atoms with E-state index in [0.717, 1.165) is 13.0 Å². The van der Waals surface area contributed by atoms with Crippen molar-refractivity contribution in [2.45, 2.75) is 19.4 Å². The fourth-order valence-electron chi connectivity index (χ4n) is 3.26. The summed E-state index contributed by atoms with van der Waals surface area (Å²) in [6.45, 7) is 3.27. The molecule has 3 rings (SSSR count). The third-order valence-electron chi connectivity index (χ3n) is 4.96. The Morgan fingerprint density at radius 2 is 2.00 bits per heavy atom. The summed E-state index contributed by atoms with van der Waals surface area (Å²) >= 11 is 0. The molecule has 1 N–H and O–H groups in total. The van der Waals surface area contributed by atoms with Gasteiger partial charge < -0.3 is 10.1 Å². The number of nitro groups is 1. The highest BCUT2D eigenvalue weighted by Gasteiger charge is 2.24. The molecule has 2 aromatic rings. The van der Waals surface area contributed by atoms with Crippen molar-refractivity contribution < 1.29 is 14.5 Å². The lowest BCUT2D eigenvalue weighted by Gasteiger charge is -2.31. The van der Waals surface area contributed by atoms with Crippen LogP contribution in [-0.4, -0.2) is 42.0 Å². The number of anilines is 1. The topological polar surface area (TPSA) is 84.7 Å². The lowest BCUT2D eigenvalue weighted by Crippen LogP contribution is -2.44. The van der Waals surface area contributed by atoms with E-state index in [-0.39, 0.29) is 17.6 Å². The van der Waals surface area contributed by atoms with Crippen molar-refractivity contribution >= 4 is 22.9 Å². The number of benzene rings is 2. The zero-order valence-corrected chi connectivity index (χ0v) is 15.9. The Balaban J connectivity index is 1.68. The predicted molar refractivity (Wildman–Crippen MR) is 108 cm³/mol. The van der Waals surface area contributed by atoms with E-state index in [4.69, 9.17) is 4.74 Å². The number of nitro benzene ring substituents is 1. The minimum atomic E-state index is -0.501. The van der Waals surface area contributed by atoms with Gasteiger partial charge in [-0.15, -0.1) is 0 Å². The highest BCUT2D eigenvalue weighted by Crippen LogP contribution is 2.29. The first kappa shape index (κ1) is 19.6. The van der Waals surface area contributed by atoms with Crippen molar-refractivity contribution in [3.05, 3.63) is 70.3 Å². The molecule has 7 heteroatoms. The summed E-state index contributed by atoms with van der Waals surface area (Å²) in [5, 5.41) is 13.8. The van der Waals surface area contributed by atoms with Crippen molar-refractivity contribution in [2.24, 2.45) is 0 Å². The zero-order valence-electron chi connectivity index (χ0n) is 15.9. The minimum Gasteiger partial charge on any atom is -0.495 e. The largest absolute Gasteiger partial charge is 0.495 e. The van der Waals surface area contributed by atoms with Crippen molar-refractivity contribution in [3.8, 4) is 5.75 Å². The Morgan fingerprint density at radius 3 is 2.61 bits per heavy atom. The number of carbonyl (C=O) groups is 1. The Morgan fingerprint density at radius 1 is 1.25 bits per heavy atom. The molecule has 1 amide bonds. The van der Waals surface area contributed by atoms with E-state index in [9.17, 15) is 14.9 Å². The van der Waals surface area contributed by atoms with Gasteiger partial charge in [0.1, 0.15) is 5.75 Å². The van der Waals surface area contributed by atoms with E-state index in [0.29, 0.717) is 18.0 Å². The summed E-state index contributed by atoms with van der Waals surface area (Å²) < 4.78 is 5.21. The summed E-state index contributed by atoms with van der Waals surface area (Å²) in [5.74, 6) is 0.159. The number of rotatable bonds is 6. The highest BCUT2D eigenvalue weighted by molar-refractivity contribution is 5.96. The molecule has 28 heavy (non-hydrogen) atoms. The number of hydrogen-bond donors (Lipinski definition) is 1. The van der Waals surface area contributed by atoms with Crippen LogP contribution in [0, 0.1) is 10.1 Å². The number of carbonyl (C=O) groups excluding carboxylic acids is 1. The van der Waals surface area contributed by atoms with Crippen LogP contribution >= 0.6 is 0 Å². The molecule has 0 radical (unpaired) electrons. The number of amides is 1. The first-order valence-corrected chi connectivity index (χ1v) is 9.11. The lowest BCUT2D eigenvalue weighted by atomic mass is 9.99. The maximum absolute atomic E-state index is 12.7. The van der Waals surface area contributed by atoms with Crippen molar-refractivity contribution in [1.82, 2.24) is 4.90 Å². The number of nitrogens with zero attached hydrogens (tertiary/aromatic N) is 2. The van der Waals surface area contributed by atoms with Crippen molar-refractivity contribution in [2.75, 3.05) is 25.5 Å². The minimum absolute atomic E-state index is 0.0999. The van der Waals surface area contributed by atoms with Crippen LogP contribution in [0.4, 0.5) is 11.4 Å². The van der Waals surface area contributed by atoms with Gasteiger partial charge in [-0.05, 0) is 30.5 Å². The fraction of sp³-hybridized carbons (Fsp3) is 0.286. The van der Waals surface area contributed by atoms with Gasteiger partial charge in [0.2, 0.25) is 5.91 Å². The van der Waals surface area contributed by atoms with Gasteiger partial charge in [-0.1, -0.05) is 36.4 Å². The molecule has 2 aromatic carbocycles. The van der Waals surface area contributed by atoms with E-state index >= 15 is 0 Å². The third-order valence-corrected chi connectivity index (χ3v) is 4.96. The Hall–Kier alpha value is -3.19. The second-order valence-corrected chi connectivity index (χ2v) is 6.65. The van der Waals surface area contributed by atoms with Gasteiger partial charge >= 0.3 is 0 Å². The maximum atomic E-state index is 12.7. The van der Waals surface area contributed by atoms with E-state index in [2.05, 4.69) is 28.4 Å². The summed E-state index contributed by atoms with van der Waals surface area (Å²) in [5.41, 5.74) is 2.69. The molecule has 7 nitrogen and oxygen atoms in total. The van der Waals surface area contributed by atoms with Crippen LogP contribution in [0.1, 0.15) is 18.9 Å². The van der Waals surface area contributed by atoms with Gasteiger partial charge in [-0.3, -0.25) is 19.8 Å². The monoisotopic (exact) mass is 381 g/mol. The lowest BCUT2D eigenvalue weighted by molar-refractivity contribution is -0.384. The third kappa shape index (κ3) is 4.37. The van der Waals surface area contributed by atoms with Crippen molar-refractivity contribution in [3.63, 3.8) is 0 Å². The number of methoxy groups -OCH3 is 1. The van der Waals surface area contributed by atoms with Crippen molar-refractivity contribution in [1.29, 1.82) is 0 Å². The SMILES string of the molecule is COc1ccc([N+](=O)[O-])cc1NC(=O)[C@@H](C)N1CC=C(c2ccccc2)CC1. The number of ether oxygens (including phenoxy) is 1. The van der Waals surface area contributed by atoms with Crippen LogP contribution in [0.25, 0.3) is 5.57 Å². The summed E-state index contributed by atoms with van der Waals surface area (Å²) in [6, 6.07) is 14.0.